The van der Waals surface area contributed by atoms with E-state index in [-0.39, 0.29) is 34.9 Å². The maximum absolute atomic E-state index is 13.3. The Kier molecular flexibility index (Phi) is 12.0. The Morgan fingerprint density at radius 1 is 1.10 bits per heavy atom. The third kappa shape index (κ3) is 8.23. The van der Waals surface area contributed by atoms with Crippen molar-refractivity contribution in [1.29, 1.82) is 0 Å². The summed E-state index contributed by atoms with van der Waals surface area (Å²) in [5, 5.41) is 13.7. The SMILES string of the molecule is COC1=C2C[C@@H](C)C[C@@H](OC)[C@H](O)[C@H](C)/C=C(/C)[C@@H](OC(N)=O)[C@@H](OC)/C=C\C=C(\C)C(=O)NC(=CC1=O)C2=O. The van der Waals surface area contributed by atoms with Crippen LogP contribution in [-0.2, 0) is 33.3 Å². The molecular formula is C29H40N2O9. The smallest absolute Gasteiger partial charge is 0.405 e. The monoisotopic (exact) mass is 560 g/mol. The number of allylic oxidation sites excluding steroid dienone is 4. The molecule has 11 nitrogen and oxygen atoms in total. The molecule has 0 aromatic rings. The fraction of sp³-hybridized carbons (Fsp3) is 0.517. The van der Waals surface area contributed by atoms with Crippen LogP contribution in [0.25, 0.3) is 0 Å². The van der Waals surface area contributed by atoms with Crippen molar-refractivity contribution in [2.24, 2.45) is 17.6 Å². The van der Waals surface area contributed by atoms with Crippen LogP contribution in [0, 0.1) is 11.8 Å². The number of rotatable bonds is 4. The van der Waals surface area contributed by atoms with Crippen molar-refractivity contribution in [1.82, 2.24) is 5.32 Å². The molecule has 11 heteroatoms. The molecule has 2 amide bonds. The van der Waals surface area contributed by atoms with E-state index in [4.69, 9.17) is 24.7 Å². The number of methoxy groups -OCH3 is 3. The number of fused-ring (bicyclic) bond motifs is 2. The first kappa shape index (κ1) is 32.7. The molecule has 2 bridgehead atoms. The highest BCUT2D eigenvalue weighted by molar-refractivity contribution is 6.23. The lowest BCUT2D eigenvalue weighted by Crippen LogP contribution is -2.37. The first-order valence-corrected chi connectivity index (χ1v) is 13.0. The highest BCUT2D eigenvalue weighted by Gasteiger charge is 2.34. The van der Waals surface area contributed by atoms with E-state index >= 15 is 0 Å². The number of hydrogen-bond donors (Lipinski definition) is 3. The van der Waals surface area contributed by atoms with Crippen LogP contribution in [0.5, 0.6) is 0 Å². The van der Waals surface area contributed by atoms with Crippen molar-refractivity contribution in [3.63, 3.8) is 0 Å². The van der Waals surface area contributed by atoms with Crippen LogP contribution in [0.3, 0.4) is 0 Å². The second-order valence-electron chi connectivity index (χ2n) is 10.1. The van der Waals surface area contributed by atoms with Crippen molar-refractivity contribution in [3.8, 4) is 0 Å². The fourth-order valence-electron chi connectivity index (χ4n) is 4.78. The molecule has 0 aromatic carbocycles. The number of amides is 2. The normalized spacial score (nSPS) is 32.7. The van der Waals surface area contributed by atoms with Gasteiger partial charge in [0, 0.05) is 37.4 Å². The molecule has 0 saturated carbocycles. The van der Waals surface area contributed by atoms with Gasteiger partial charge in [-0.05, 0) is 38.2 Å². The summed E-state index contributed by atoms with van der Waals surface area (Å²) < 4.78 is 21.7. The lowest BCUT2D eigenvalue weighted by Gasteiger charge is -2.29. The molecule has 0 fully saturated rings. The number of carbonyl (C=O) groups excluding carboxylic acids is 4. The van der Waals surface area contributed by atoms with Crippen molar-refractivity contribution in [2.45, 2.75) is 65.0 Å². The van der Waals surface area contributed by atoms with Gasteiger partial charge in [0.15, 0.2) is 11.9 Å². The van der Waals surface area contributed by atoms with Gasteiger partial charge in [-0.15, -0.1) is 0 Å². The minimum absolute atomic E-state index is 0.0801. The van der Waals surface area contributed by atoms with Crippen molar-refractivity contribution in [2.75, 3.05) is 21.3 Å². The molecule has 1 heterocycles. The zero-order valence-corrected chi connectivity index (χ0v) is 24.1. The first-order chi connectivity index (χ1) is 18.8. The van der Waals surface area contributed by atoms with Crippen molar-refractivity contribution in [3.05, 3.63) is 58.6 Å². The number of primary amides is 1. The first-order valence-electron chi connectivity index (χ1n) is 13.0. The topological polar surface area (TPSA) is 163 Å². The summed E-state index contributed by atoms with van der Waals surface area (Å²) in [6.07, 6.45) is 3.61. The molecule has 40 heavy (non-hydrogen) atoms. The van der Waals surface area contributed by atoms with Gasteiger partial charge >= 0.3 is 6.09 Å². The largest absolute Gasteiger partial charge is 0.492 e. The highest BCUT2D eigenvalue weighted by atomic mass is 16.6. The van der Waals surface area contributed by atoms with Crippen LogP contribution in [-0.4, -0.2) is 74.4 Å². The number of hydrogen-bond acceptors (Lipinski definition) is 9. The molecule has 0 aromatic heterocycles. The lowest BCUT2D eigenvalue weighted by atomic mass is 9.85. The standard InChI is InChI=1S/C29H40N2O9/c1-15-11-19-25(34)20(14-21(32)27(19)39-7)31-28(35)16(2)9-8-10-22(37-5)26(40-29(30)36)18(4)13-17(3)24(33)23(12-15)38-6/h8-10,13-15,17,22-24,26,33H,11-12H2,1-7H3,(H2,30,36)(H,31,35)/b10-8-,16-9-,18-13-/t15-,17-,22+,23-,24-,26-/m1/s1. The number of carbonyl (C=O) groups is 4. The van der Waals surface area contributed by atoms with Gasteiger partial charge in [0.1, 0.15) is 6.10 Å². The number of aliphatic hydroxyl groups excluding tert-OH is 1. The molecule has 0 unspecified atom stereocenters. The van der Waals surface area contributed by atoms with E-state index in [1.807, 2.05) is 6.92 Å². The number of ether oxygens (including phenoxy) is 4. The summed E-state index contributed by atoms with van der Waals surface area (Å²) in [4.78, 5) is 50.6. The van der Waals surface area contributed by atoms with Crippen LogP contribution in [0.15, 0.2) is 58.6 Å². The molecule has 4 N–H and O–H groups in total. The zero-order chi connectivity index (χ0) is 30.1. The summed E-state index contributed by atoms with van der Waals surface area (Å²) in [7, 11) is 4.21. The number of Topliss-reactive ketones (excluding diaryl/α,β-unsaturated/α-hetero) is 1. The Balaban J connectivity index is 2.60. The number of nitrogens with two attached hydrogens (primary N) is 1. The summed E-state index contributed by atoms with van der Waals surface area (Å²) in [6, 6.07) is 0. The minimum atomic E-state index is -1.00. The van der Waals surface area contributed by atoms with Gasteiger partial charge in [-0.25, -0.2) is 4.79 Å². The van der Waals surface area contributed by atoms with Gasteiger partial charge in [-0.2, -0.15) is 0 Å². The lowest BCUT2D eigenvalue weighted by molar-refractivity contribution is -0.120. The van der Waals surface area contributed by atoms with Gasteiger partial charge in [0.05, 0.1) is 25.0 Å². The van der Waals surface area contributed by atoms with E-state index < -0.39 is 53.9 Å². The quantitative estimate of drug-likeness (QED) is 0.346. The Hall–Kier alpha value is -3.54. The van der Waals surface area contributed by atoms with E-state index in [0.29, 0.717) is 12.0 Å². The van der Waals surface area contributed by atoms with Gasteiger partial charge in [-0.1, -0.05) is 38.2 Å². The molecule has 2 rings (SSSR count). The summed E-state index contributed by atoms with van der Waals surface area (Å²) >= 11 is 0. The Morgan fingerprint density at radius 3 is 2.35 bits per heavy atom. The molecule has 0 radical (unpaired) electrons. The molecule has 220 valence electrons. The average molecular weight is 561 g/mol. The second-order valence-corrected chi connectivity index (χ2v) is 10.1. The summed E-state index contributed by atoms with van der Waals surface area (Å²) in [5.74, 6) is -2.39. The number of ketones is 2. The number of nitrogens with one attached hydrogen (secondary N) is 1. The van der Waals surface area contributed by atoms with Crippen LogP contribution in [0.1, 0.15) is 40.5 Å². The van der Waals surface area contributed by atoms with E-state index in [0.717, 1.165) is 6.08 Å². The van der Waals surface area contributed by atoms with Crippen LogP contribution in [0.4, 0.5) is 4.79 Å². The molecule has 2 aliphatic rings. The van der Waals surface area contributed by atoms with E-state index in [1.165, 1.54) is 34.3 Å². The van der Waals surface area contributed by atoms with Crippen molar-refractivity contribution < 1.29 is 43.2 Å². The average Bonchev–Trinajstić information content (AvgIpc) is 2.90. The van der Waals surface area contributed by atoms with Gasteiger partial charge in [0.2, 0.25) is 11.6 Å². The number of aliphatic hydroxyl groups is 1. The zero-order valence-electron chi connectivity index (χ0n) is 24.1. The molecule has 1 aliphatic carbocycles. The van der Waals surface area contributed by atoms with Crippen LogP contribution < -0.4 is 11.1 Å². The predicted molar refractivity (Wildman–Crippen MR) is 147 cm³/mol. The summed E-state index contributed by atoms with van der Waals surface area (Å²) in [5.41, 5.74) is 6.12. The maximum Gasteiger partial charge on any atom is 0.405 e. The van der Waals surface area contributed by atoms with Gasteiger partial charge in [-0.3, -0.25) is 14.4 Å². The van der Waals surface area contributed by atoms with Crippen LogP contribution >= 0.6 is 0 Å². The maximum atomic E-state index is 13.3. The van der Waals surface area contributed by atoms with Crippen LogP contribution in [0.2, 0.25) is 0 Å². The third-order valence-corrected chi connectivity index (χ3v) is 6.95. The third-order valence-electron chi connectivity index (χ3n) is 6.95. The van der Waals surface area contributed by atoms with Gasteiger partial charge in [0.25, 0.3) is 5.91 Å². The van der Waals surface area contributed by atoms with E-state index in [1.54, 1.807) is 32.1 Å². The molecule has 0 saturated heterocycles. The second kappa shape index (κ2) is 14.7. The van der Waals surface area contributed by atoms with E-state index in [2.05, 4.69) is 5.32 Å². The van der Waals surface area contributed by atoms with Crippen molar-refractivity contribution >= 4 is 23.6 Å². The fourth-order valence-corrected chi connectivity index (χ4v) is 4.78. The molecule has 6 atom stereocenters. The van der Waals surface area contributed by atoms with Gasteiger partial charge < -0.3 is 35.1 Å². The van der Waals surface area contributed by atoms with E-state index in [9.17, 15) is 24.3 Å². The summed E-state index contributed by atoms with van der Waals surface area (Å²) in [6.45, 7) is 6.92. The molecule has 0 spiro atoms. The predicted octanol–water partition coefficient (Wildman–Crippen LogP) is 2.41. The highest BCUT2D eigenvalue weighted by Crippen LogP contribution is 2.29. The Labute approximate surface area is 234 Å². The Bertz CT molecular complexity index is 1150. The minimum Gasteiger partial charge on any atom is -0.492 e. The molecular weight excluding hydrogens is 520 g/mol. The molecule has 1 aliphatic heterocycles. The Morgan fingerprint density at radius 2 is 1.77 bits per heavy atom.